The Kier molecular flexibility index (Phi) is 6.22. The Labute approximate surface area is 225 Å². The van der Waals surface area contributed by atoms with E-state index in [0.717, 1.165) is 28.0 Å². The number of anilines is 1. The van der Waals surface area contributed by atoms with Gasteiger partial charge in [0.2, 0.25) is 5.91 Å². The summed E-state index contributed by atoms with van der Waals surface area (Å²) in [5.41, 5.74) is 4.20. The number of nitrogens with zero attached hydrogens (tertiary/aromatic N) is 7. The zero-order chi connectivity index (χ0) is 27.1. The lowest BCUT2D eigenvalue weighted by molar-refractivity contribution is -0.126. The van der Waals surface area contributed by atoms with Crippen molar-refractivity contribution in [2.45, 2.75) is 25.9 Å². The molecule has 4 aromatic heterocycles. The summed E-state index contributed by atoms with van der Waals surface area (Å²) in [5.74, 6) is 0.419. The van der Waals surface area contributed by atoms with E-state index in [-0.39, 0.29) is 18.6 Å². The molecule has 0 aliphatic carbocycles. The van der Waals surface area contributed by atoms with Crippen molar-refractivity contribution in [1.82, 2.24) is 29.0 Å². The molecule has 1 aliphatic heterocycles. The van der Waals surface area contributed by atoms with Crippen molar-refractivity contribution in [2.24, 2.45) is 0 Å². The summed E-state index contributed by atoms with van der Waals surface area (Å²) < 4.78 is 9.06. The van der Waals surface area contributed by atoms with Crippen LogP contribution in [0.3, 0.4) is 0 Å². The van der Waals surface area contributed by atoms with Gasteiger partial charge in [0, 0.05) is 63.0 Å². The number of hydrogen-bond acceptors (Lipinski definition) is 7. The quantitative estimate of drug-likeness (QED) is 0.298. The third-order valence-corrected chi connectivity index (χ3v) is 7.18. The molecule has 5 aromatic rings. The van der Waals surface area contributed by atoms with Crippen LogP contribution in [-0.2, 0) is 16.1 Å². The number of carbonyl (C=O) groups is 2. The molecule has 1 aromatic carbocycles. The SMILES string of the molecule is CCOC(=O)c1cnn2c(N(C)Cc3ccccc3)cc(-c3cn([C@@H]4CC(=O)N(C)C4)c4ncccc34)nc12. The van der Waals surface area contributed by atoms with E-state index >= 15 is 0 Å². The maximum atomic E-state index is 12.8. The van der Waals surface area contributed by atoms with Gasteiger partial charge in [-0.3, -0.25) is 4.79 Å². The molecule has 1 aliphatic rings. The number of pyridine rings is 1. The van der Waals surface area contributed by atoms with Gasteiger partial charge in [-0.15, -0.1) is 0 Å². The summed E-state index contributed by atoms with van der Waals surface area (Å²) in [7, 11) is 3.81. The Morgan fingerprint density at radius 1 is 1.15 bits per heavy atom. The molecule has 1 saturated heterocycles. The first-order valence-corrected chi connectivity index (χ1v) is 13.0. The number of esters is 1. The van der Waals surface area contributed by atoms with Crippen LogP contribution in [0.5, 0.6) is 0 Å². The van der Waals surface area contributed by atoms with Crippen molar-refractivity contribution in [2.75, 3.05) is 32.1 Å². The fourth-order valence-corrected chi connectivity index (χ4v) is 5.24. The average Bonchev–Trinajstić information content (AvgIpc) is 3.64. The number of likely N-dealkylation sites (N-methyl/N-ethyl adjacent to an activating group) is 1. The van der Waals surface area contributed by atoms with Crippen LogP contribution in [0.15, 0.2) is 67.1 Å². The lowest BCUT2D eigenvalue weighted by Gasteiger charge is -2.21. The van der Waals surface area contributed by atoms with Crippen LogP contribution >= 0.6 is 0 Å². The van der Waals surface area contributed by atoms with Crippen molar-refractivity contribution in [3.63, 3.8) is 0 Å². The van der Waals surface area contributed by atoms with Crippen LogP contribution in [0.4, 0.5) is 5.82 Å². The van der Waals surface area contributed by atoms with Crippen LogP contribution in [0.2, 0.25) is 0 Å². The van der Waals surface area contributed by atoms with Gasteiger partial charge in [-0.2, -0.15) is 9.61 Å². The predicted molar refractivity (Wildman–Crippen MR) is 148 cm³/mol. The molecule has 1 atom stereocenters. The number of ether oxygens (including phenoxy) is 1. The summed E-state index contributed by atoms with van der Waals surface area (Å²) in [6.07, 6.45) is 5.71. The monoisotopic (exact) mass is 523 g/mol. The van der Waals surface area contributed by atoms with Gasteiger partial charge in [0.05, 0.1) is 24.5 Å². The molecule has 10 nitrogen and oxygen atoms in total. The summed E-state index contributed by atoms with van der Waals surface area (Å²) in [6.45, 7) is 3.28. The maximum Gasteiger partial charge on any atom is 0.343 e. The molecule has 1 amide bonds. The highest BCUT2D eigenvalue weighted by atomic mass is 16.5. The molecule has 0 unspecified atom stereocenters. The van der Waals surface area contributed by atoms with E-state index in [9.17, 15) is 9.59 Å². The molecule has 198 valence electrons. The maximum absolute atomic E-state index is 12.8. The fraction of sp³-hybridized carbons (Fsp3) is 0.276. The average molecular weight is 524 g/mol. The predicted octanol–water partition coefficient (Wildman–Crippen LogP) is 3.96. The molecule has 1 fully saturated rings. The minimum Gasteiger partial charge on any atom is -0.462 e. The number of amides is 1. The number of benzene rings is 1. The van der Waals surface area contributed by atoms with Gasteiger partial charge in [-0.25, -0.2) is 14.8 Å². The number of hydrogen-bond donors (Lipinski definition) is 0. The van der Waals surface area contributed by atoms with Gasteiger partial charge in [-0.05, 0) is 24.6 Å². The number of aromatic nitrogens is 5. The Morgan fingerprint density at radius 3 is 2.72 bits per heavy atom. The normalized spacial score (nSPS) is 15.4. The first kappa shape index (κ1) is 24.6. The lowest BCUT2D eigenvalue weighted by atomic mass is 10.1. The van der Waals surface area contributed by atoms with Gasteiger partial charge in [0.1, 0.15) is 17.0 Å². The van der Waals surface area contributed by atoms with Gasteiger partial charge in [-0.1, -0.05) is 30.3 Å². The van der Waals surface area contributed by atoms with Gasteiger partial charge in [0.25, 0.3) is 0 Å². The number of carbonyl (C=O) groups excluding carboxylic acids is 2. The fourth-order valence-electron chi connectivity index (χ4n) is 5.24. The van der Waals surface area contributed by atoms with Crippen LogP contribution in [0.1, 0.15) is 35.3 Å². The molecular weight excluding hydrogens is 494 g/mol. The van der Waals surface area contributed by atoms with Gasteiger partial charge in [0.15, 0.2) is 5.65 Å². The van der Waals surface area contributed by atoms with Gasteiger partial charge >= 0.3 is 5.97 Å². The molecule has 0 bridgehead atoms. The Balaban J connectivity index is 1.53. The van der Waals surface area contributed by atoms with E-state index in [4.69, 9.17) is 9.72 Å². The Morgan fingerprint density at radius 2 is 1.97 bits per heavy atom. The third kappa shape index (κ3) is 4.37. The van der Waals surface area contributed by atoms with E-state index in [0.29, 0.717) is 36.4 Å². The topological polar surface area (TPSA) is 97.9 Å². The standard InChI is InChI=1S/C29H29N7O3/c1-4-39-29(38)22-15-31-36-25(33(2)16-19-9-6-5-7-10-19)14-24(32-28(22)36)23-18-35(20-13-26(37)34(3)17-20)27-21(23)11-8-12-30-27/h5-12,14-15,18,20H,4,13,16-17H2,1-3H3/t20-/m1/s1. The molecule has 0 spiro atoms. The van der Waals surface area contributed by atoms with E-state index in [1.165, 1.54) is 6.20 Å². The summed E-state index contributed by atoms with van der Waals surface area (Å²) in [4.78, 5) is 38.6. The Bertz CT molecular complexity index is 1690. The second kappa shape index (κ2) is 9.86. The molecule has 0 N–H and O–H groups in total. The van der Waals surface area contributed by atoms with Crippen LogP contribution in [-0.4, -0.2) is 68.2 Å². The number of likely N-dealkylation sites (tertiary alicyclic amines) is 1. The highest BCUT2D eigenvalue weighted by Gasteiger charge is 2.30. The largest absolute Gasteiger partial charge is 0.462 e. The van der Waals surface area contributed by atoms with Crippen LogP contribution < -0.4 is 4.90 Å². The van der Waals surface area contributed by atoms with Crippen molar-refractivity contribution in [3.05, 3.63) is 78.2 Å². The van der Waals surface area contributed by atoms with Crippen molar-refractivity contribution >= 4 is 34.4 Å². The molecular formula is C29H29N7O3. The molecule has 5 heterocycles. The third-order valence-electron chi connectivity index (χ3n) is 7.18. The second-order valence-corrected chi connectivity index (χ2v) is 9.81. The minimum atomic E-state index is -0.467. The first-order chi connectivity index (χ1) is 18.9. The smallest absolute Gasteiger partial charge is 0.343 e. The van der Waals surface area contributed by atoms with Crippen LogP contribution in [0, 0.1) is 0 Å². The van der Waals surface area contributed by atoms with Crippen molar-refractivity contribution in [1.29, 1.82) is 0 Å². The molecule has 6 rings (SSSR count). The highest BCUT2D eigenvalue weighted by Crippen LogP contribution is 2.35. The van der Waals surface area contributed by atoms with Gasteiger partial charge < -0.3 is 19.1 Å². The zero-order valence-corrected chi connectivity index (χ0v) is 22.1. The van der Waals surface area contributed by atoms with E-state index in [2.05, 4.69) is 31.7 Å². The second-order valence-electron chi connectivity index (χ2n) is 9.81. The van der Waals surface area contributed by atoms with E-state index < -0.39 is 5.97 Å². The van der Waals surface area contributed by atoms with Crippen molar-refractivity contribution < 1.29 is 14.3 Å². The number of fused-ring (bicyclic) bond motifs is 2. The van der Waals surface area contributed by atoms with Crippen LogP contribution in [0.25, 0.3) is 27.9 Å². The van der Waals surface area contributed by atoms with E-state index in [1.807, 2.05) is 56.7 Å². The molecule has 0 radical (unpaired) electrons. The summed E-state index contributed by atoms with van der Waals surface area (Å²) >= 11 is 0. The Hall–Kier alpha value is -4.73. The molecule has 0 saturated carbocycles. The van der Waals surface area contributed by atoms with E-state index in [1.54, 1.807) is 22.5 Å². The number of rotatable bonds is 7. The van der Waals surface area contributed by atoms with Crippen molar-refractivity contribution in [3.8, 4) is 11.3 Å². The first-order valence-electron chi connectivity index (χ1n) is 13.0. The zero-order valence-electron chi connectivity index (χ0n) is 22.1. The summed E-state index contributed by atoms with van der Waals surface area (Å²) in [5, 5.41) is 5.44. The lowest BCUT2D eigenvalue weighted by Crippen LogP contribution is -2.20. The summed E-state index contributed by atoms with van der Waals surface area (Å²) in [6, 6.07) is 16.0. The minimum absolute atomic E-state index is 0.0253. The molecule has 10 heteroatoms. The highest BCUT2D eigenvalue weighted by molar-refractivity contribution is 5.98. The molecule has 39 heavy (non-hydrogen) atoms.